The van der Waals surface area contributed by atoms with Gasteiger partial charge in [0.15, 0.2) is 11.4 Å². The van der Waals surface area contributed by atoms with Crippen LogP contribution in [0.1, 0.15) is 36.7 Å². The molecule has 22 heavy (non-hydrogen) atoms. The third-order valence-electron chi connectivity index (χ3n) is 2.83. The topological polar surface area (TPSA) is 79.4 Å². The summed E-state index contributed by atoms with van der Waals surface area (Å²) in [5.74, 6) is -2.24. The van der Waals surface area contributed by atoms with Crippen LogP contribution in [-0.4, -0.2) is 22.7 Å². The second-order valence-corrected chi connectivity index (χ2v) is 4.94. The van der Waals surface area contributed by atoms with Crippen LogP contribution >= 0.6 is 15.9 Å². The minimum atomic E-state index is -0.950. The third kappa shape index (κ3) is 3.14. The normalized spacial score (nSPS) is 10.1. The monoisotopic (exact) mass is 373 g/mol. The average Bonchev–Trinajstić information content (AvgIpc) is 2.49. The summed E-state index contributed by atoms with van der Waals surface area (Å²) in [6.07, 6.45) is 0. The average molecular weight is 374 g/mol. The van der Waals surface area contributed by atoms with E-state index in [1.54, 1.807) is 13.8 Å². The predicted molar refractivity (Wildman–Crippen MR) is 85.9 cm³/mol. The number of hydrogen-bond acceptors (Lipinski definition) is 4. The van der Waals surface area contributed by atoms with Gasteiger partial charge in [-0.25, -0.2) is 9.18 Å². The van der Waals surface area contributed by atoms with Crippen LogP contribution in [0.5, 0.6) is 5.75 Å². The number of hydrogen-bond donors (Lipinski definition) is 2. The molecule has 2 rings (SSSR count). The first kappa shape index (κ1) is 18.2. The Balaban J connectivity index is 0.00000116. The zero-order chi connectivity index (χ0) is 17.0. The number of aromatic nitrogens is 1. The van der Waals surface area contributed by atoms with Gasteiger partial charge < -0.3 is 14.8 Å². The fourth-order valence-electron chi connectivity index (χ4n) is 1.87. The van der Waals surface area contributed by atoms with E-state index in [-0.39, 0.29) is 22.0 Å². The molecule has 0 spiro atoms. The third-order valence-corrected chi connectivity index (χ3v) is 3.80. The summed E-state index contributed by atoms with van der Waals surface area (Å²) in [4.78, 5) is 25.7. The van der Waals surface area contributed by atoms with E-state index in [9.17, 15) is 19.1 Å². The number of ether oxygens (including phenoxy) is 1. The van der Waals surface area contributed by atoms with Crippen molar-refractivity contribution in [2.24, 2.45) is 0 Å². The van der Waals surface area contributed by atoms with E-state index < -0.39 is 28.7 Å². The van der Waals surface area contributed by atoms with Gasteiger partial charge in [0.25, 0.3) is 5.56 Å². The lowest BCUT2D eigenvalue weighted by atomic mass is 10.1. The van der Waals surface area contributed by atoms with Gasteiger partial charge in [-0.2, -0.15) is 0 Å². The van der Waals surface area contributed by atoms with Crippen molar-refractivity contribution in [1.82, 2.24) is 4.98 Å². The van der Waals surface area contributed by atoms with Gasteiger partial charge in [-0.15, -0.1) is 0 Å². The van der Waals surface area contributed by atoms with Crippen molar-refractivity contribution >= 4 is 32.8 Å². The number of carbonyl (C=O) groups is 1. The number of H-pyrrole nitrogens is 1. The number of pyridine rings is 1. The van der Waals surface area contributed by atoms with Gasteiger partial charge in [-0.3, -0.25) is 4.79 Å². The number of rotatable bonds is 2. The Morgan fingerprint density at radius 3 is 2.59 bits per heavy atom. The largest absolute Gasteiger partial charge is 0.506 e. The molecule has 0 amide bonds. The molecular weight excluding hydrogens is 357 g/mol. The molecule has 0 saturated heterocycles. The van der Waals surface area contributed by atoms with Gasteiger partial charge in [0.05, 0.1) is 16.6 Å². The zero-order valence-electron chi connectivity index (χ0n) is 12.7. The molecule has 120 valence electrons. The summed E-state index contributed by atoms with van der Waals surface area (Å²) in [7, 11) is 0. The van der Waals surface area contributed by atoms with Gasteiger partial charge in [-0.1, -0.05) is 13.8 Å². The lowest BCUT2D eigenvalue weighted by molar-refractivity contribution is 0.0521. The number of fused-ring (bicyclic) bond motifs is 1. The number of aromatic hydroxyl groups is 1. The maximum atomic E-state index is 14.1. The molecule has 0 aliphatic heterocycles. The molecule has 7 heteroatoms. The number of aromatic amines is 1. The smallest absolute Gasteiger partial charge is 0.347 e. The van der Waals surface area contributed by atoms with Gasteiger partial charge in [-0.05, 0) is 41.4 Å². The van der Waals surface area contributed by atoms with Gasteiger partial charge >= 0.3 is 5.97 Å². The van der Waals surface area contributed by atoms with E-state index in [2.05, 4.69) is 20.9 Å². The highest BCUT2D eigenvalue weighted by molar-refractivity contribution is 9.10. The molecule has 2 aromatic rings. The molecule has 0 unspecified atom stereocenters. The van der Waals surface area contributed by atoms with Gasteiger partial charge in [0.2, 0.25) is 0 Å². The van der Waals surface area contributed by atoms with Crippen molar-refractivity contribution in [2.45, 2.75) is 27.7 Å². The fourth-order valence-corrected chi connectivity index (χ4v) is 2.19. The van der Waals surface area contributed by atoms with Gasteiger partial charge in [0, 0.05) is 5.39 Å². The van der Waals surface area contributed by atoms with Crippen molar-refractivity contribution in [3.8, 4) is 5.75 Å². The van der Waals surface area contributed by atoms with E-state index >= 15 is 0 Å². The van der Waals surface area contributed by atoms with E-state index in [0.717, 1.165) is 0 Å². The first-order chi connectivity index (χ1) is 10.4. The second-order valence-electron chi connectivity index (χ2n) is 4.14. The number of nitrogens with one attached hydrogen (secondary N) is 1. The summed E-state index contributed by atoms with van der Waals surface area (Å²) < 4.78 is 18.9. The molecule has 0 aliphatic carbocycles. The van der Waals surface area contributed by atoms with Crippen LogP contribution in [0, 0.1) is 12.7 Å². The quantitative estimate of drug-likeness (QED) is 0.787. The molecule has 0 fully saturated rings. The maximum absolute atomic E-state index is 14.1. The molecule has 0 atom stereocenters. The SMILES string of the molecule is CC.CCOC(=O)c1c(O)c2cc(C)c(Br)c(F)c2[nH]c1=O. The van der Waals surface area contributed by atoms with Crippen LogP contribution < -0.4 is 5.56 Å². The summed E-state index contributed by atoms with van der Waals surface area (Å²) in [5, 5.41) is 10.1. The Bertz CT molecular complexity index is 770. The maximum Gasteiger partial charge on any atom is 0.347 e. The van der Waals surface area contributed by atoms with Crippen LogP contribution in [0.2, 0.25) is 0 Å². The highest BCUT2D eigenvalue weighted by Gasteiger charge is 2.22. The van der Waals surface area contributed by atoms with E-state index in [4.69, 9.17) is 4.74 Å². The van der Waals surface area contributed by atoms with Crippen LogP contribution in [0.4, 0.5) is 4.39 Å². The standard InChI is InChI=1S/C13H11BrFNO4.C2H6/c1-3-20-13(19)7-11(17)6-4-5(2)8(14)9(15)10(6)16-12(7)18;1-2/h4H,3H2,1-2H3,(H2,16,17,18);1-2H3. The molecule has 0 bridgehead atoms. The summed E-state index contributed by atoms with van der Waals surface area (Å²) in [5.41, 5.74) is -1.08. The lowest BCUT2D eigenvalue weighted by Gasteiger charge is -2.09. The number of halogens is 2. The van der Waals surface area contributed by atoms with Crippen molar-refractivity contribution < 1.29 is 19.0 Å². The number of carbonyl (C=O) groups excluding carboxylic acids is 1. The Hall–Kier alpha value is -1.89. The Kier molecular flexibility index (Phi) is 6.11. The first-order valence-corrected chi connectivity index (χ1v) is 7.58. The number of aryl methyl sites for hydroxylation is 1. The highest BCUT2D eigenvalue weighted by Crippen LogP contribution is 2.32. The zero-order valence-corrected chi connectivity index (χ0v) is 14.3. The first-order valence-electron chi connectivity index (χ1n) is 6.79. The van der Waals surface area contributed by atoms with E-state index in [1.165, 1.54) is 6.07 Å². The molecule has 1 aromatic heterocycles. The summed E-state index contributed by atoms with van der Waals surface area (Å²) in [6.45, 7) is 7.26. The van der Waals surface area contributed by atoms with Crippen LogP contribution in [0.3, 0.4) is 0 Å². The molecular formula is C15H17BrFNO4. The Morgan fingerprint density at radius 2 is 2.05 bits per heavy atom. The van der Waals surface area contributed by atoms with Crippen molar-refractivity contribution in [3.05, 3.63) is 37.8 Å². The van der Waals surface area contributed by atoms with Crippen molar-refractivity contribution in [3.63, 3.8) is 0 Å². The van der Waals surface area contributed by atoms with Gasteiger partial charge in [0.1, 0.15) is 5.75 Å². The Morgan fingerprint density at radius 1 is 1.45 bits per heavy atom. The molecule has 1 heterocycles. The van der Waals surface area contributed by atoms with Crippen LogP contribution in [0.25, 0.3) is 10.9 Å². The summed E-state index contributed by atoms with van der Waals surface area (Å²) >= 11 is 3.05. The summed E-state index contributed by atoms with van der Waals surface area (Å²) in [6, 6.07) is 1.47. The minimum absolute atomic E-state index is 0.0471. The molecule has 2 N–H and O–H groups in total. The fraction of sp³-hybridized carbons (Fsp3) is 0.333. The molecule has 1 aromatic carbocycles. The lowest BCUT2D eigenvalue weighted by Crippen LogP contribution is -2.20. The molecule has 0 radical (unpaired) electrons. The van der Waals surface area contributed by atoms with Crippen molar-refractivity contribution in [2.75, 3.05) is 6.61 Å². The highest BCUT2D eigenvalue weighted by atomic mass is 79.9. The predicted octanol–water partition coefficient (Wildman–Crippen LogP) is 3.65. The number of esters is 1. The van der Waals surface area contributed by atoms with Crippen molar-refractivity contribution in [1.29, 1.82) is 0 Å². The van der Waals surface area contributed by atoms with Crippen LogP contribution in [-0.2, 0) is 4.74 Å². The molecule has 5 nitrogen and oxygen atoms in total. The Labute approximate surface area is 135 Å². The number of benzene rings is 1. The van der Waals surface area contributed by atoms with Crippen LogP contribution in [0.15, 0.2) is 15.3 Å². The second kappa shape index (κ2) is 7.40. The minimum Gasteiger partial charge on any atom is -0.506 e. The molecule has 0 saturated carbocycles. The van der Waals surface area contributed by atoms with E-state index in [0.29, 0.717) is 5.56 Å². The molecule has 0 aliphatic rings. The van der Waals surface area contributed by atoms with E-state index in [1.807, 2.05) is 13.8 Å².